The standard InChI is InChI=1S/C13H9BrCl2N2O/c14-9-6-8(15)2-4-11(9)19-12-3-1-7(13(17)18)5-10(12)16/h1-6H,(H3,17,18). The van der Waals surface area contributed by atoms with E-state index in [-0.39, 0.29) is 5.84 Å². The smallest absolute Gasteiger partial charge is 0.146 e. The summed E-state index contributed by atoms with van der Waals surface area (Å²) in [6, 6.07) is 10.1. The molecule has 0 unspecified atom stereocenters. The van der Waals surface area contributed by atoms with E-state index in [2.05, 4.69) is 15.9 Å². The highest BCUT2D eigenvalue weighted by atomic mass is 79.9. The first kappa shape index (κ1) is 14.2. The van der Waals surface area contributed by atoms with Gasteiger partial charge in [-0.05, 0) is 52.3 Å². The molecule has 3 N–H and O–H groups in total. The maximum Gasteiger partial charge on any atom is 0.146 e. The summed E-state index contributed by atoms with van der Waals surface area (Å²) in [6.07, 6.45) is 0. The zero-order valence-electron chi connectivity index (χ0n) is 9.58. The lowest BCUT2D eigenvalue weighted by Gasteiger charge is -2.10. The molecule has 0 atom stereocenters. The third kappa shape index (κ3) is 3.41. The quantitative estimate of drug-likeness (QED) is 0.608. The molecule has 0 fully saturated rings. The van der Waals surface area contributed by atoms with Crippen molar-refractivity contribution in [1.82, 2.24) is 0 Å². The number of nitrogens with two attached hydrogens (primary N) is 1. The lowest BCUT2D eigenvalue weighted by Crippen LogP contribution is -2.10. The summed E-state index contributed by atoms with van der Waals surface area (Å²) in [6.45, 7) is 0. The molecule has 0 heterocycles. The number of rotatable bonds is 3. The van der Waals surface area contributed by atoms with Crippen LogP contribution in [0.3, 0.4) is 0 Å². The molecule has 0 aliphatic rings. The molecule has 6 heteroatoms. The molecule has 0 radical (unpaired) electrons. The van der Waals surface area contributed by atoms with Gasteiger partial charge in [-0.2, -0.15) is 0 Å². The molecule has 19 heavy (non-hydrogen) atoms. The summed E-state index contributed by atoms with van der Waals surface area (Å²) in [4.78, 5) is 0. The Hall–Kier alpha value is -1.23. The van der Waals surface area contributed by atoms with Crippen LogP contribution in [0, 0.1) is 5.41 Å². The molecule has 2 aromatic carbocycles. The average molecular weight is 360 g/mol. The SMILES string of the molecule is N=C(N)c1ccc(Oc2ccc(Cl)cc2Br)c(Cl)c1. The Kier molecular flexibility index (Phi) is 4.34. The van der Waals surface area contributed by atoms with E-state index in [1.54, 1.807) is 36.4 Å². The van der Waals surface area contributed by atoms with Gasteiger partial charge in [-0.25, -0.2) is 0 Å². The van der Waals surface area contributed by atoms with Crippen molar-refractivity contribution in [1.29, 1.82) is 5.41 Å². The summed E-state index contributed by atoms with van der Waals surface area (Å²) in [5.74, 6) is 1.04. The van der Waals surface area contributed by atoms with Crippen LogP contribution in [0.15, 0.2) is 40.9 Å². The Morgan fingerprint density at radius 1 is 1.11 bits per heavy atom. The van der Waals surface area contributed by atoms with Crippen LogP contribution >= 0.6 is 39.1 Å². The Morgan fingerprint density at radius 2 is 1.79 bits per heavy atom. The van der Waals surface area contributed by atoms with Crippen molar-refractivity contribution < 1.29 is 4.74 Å². The summed E-state index contributed by atoms with van der Waals surface area (Å²) in [5, 5.41) is 8.33. The molecule has 0 saturated carbocycles. The molecule has 2 rings (SSSR count). The Labute approximate surface area is 128 Å². The summed E-state index contributed by atoms with van der Waals surface area (Å²) in [7, 11) is 0. The molecular weight excluding hydrogens is 351 g/mol. The number of nitrogen functional groups attached to an aromatic ring is 1. The summed E-state index contributed by atoms with van der Waals surface area (Å²) in [5.41, 5.74) is 5.94. The van der Waals surface area contributed by atoms with Crippen molar-refractivity contribution in [3.05, 3.63) is 56.5 Å². The zero-order valence-corrected chi connectivity index (χ0v) is 12.7. The minimum Gasteiger partial charge on any atom is -0.455 e. The first-order valence-electron chi connectivity index (χ1n) is 5.24. The van der Waals surface area contributed by atoms with E-state index in [1.807, 2.05) is 0 Å². The zero-order chi connectivity index (χ0) is 14.0. The minimum absolute atomic E-state index is 0.0406. The van der Waals surface area contributed by atoms with Gasteiger partial charge >= 0.3 is 0 Å². The normalized spacial score (nSPS) is 10.3. The second-order valence-electron chi connectivity index (χ2n) is 3.74. The maximum absolute atomic E-state index is 7.34. The van der Waals surface area contributed by atoms with Gasteiger partial charge in [-0.15, -0.1) is 0 Å². The highest BCUT2D eigenvalue weighted by Gasteiger charge is 2.08. The van der Waals surface area contributed by atoms with Gasteiger partial charge in [0.1, 0.15) is 17.3 Å². The third-order valence-corrected chi connectivity index (χ3v) is 3.51. The van der Waals surface area contributed by atoms with Crippen LogP contribution in [0.1, 0.15) is 5.56 Å². The molecule has 0 amide bonds. The lowest BCUT2D eigenvalue weighted by molar-refractivity contribution is 0.480. The van der Waals surface area contributed by atoms with Crippen molar-refractivity contribution in [2.75, 3.05) is 0 Å². The highest BCUT2D eigenvalue weighted by Crippen LogP contribution is 2.35. The van der Waals surface area contributed by atoms with E-state index in [9.17, 15) is 0 Å². The number of halogens is 3. The molecule has 0 aliphatic carbocycles. The highest BCUT2D eigenvalue weighted by molar-refractivity contribution is 9.10. The molecule has 98 valence electrons. The molecule has 2 aromatic rings. The Bertz CT molecular complexity index is 647. The number of hydrogen-bond donors (Lipinski definition) is 2. The third-order valence-electron chi connectivity index (χ3n) is 2.36. The second-order valence-corrected chi connectivity index (χ2v) is 5.43. The van der Waals surface area contributed by atoms with E-state index in [1.165, 1.54) is 0 Å². The lowest BCUT2D eigenvalue weighted by atomic mass is 10.2. The van der Waals surface area contributed by atoms with Crippen molar-refractivity contribution in [3.8, 4) is 11.5 Å². The average Bonchev–Trinajstić information content (AvgIpc) is 2.34. The number of hydrogen-bond acceptors (Lipinski definition) is 2. The summed E-state index contributed by atoms with van der Waals surface area (Å²) >= 11 is 15.3. The first-order chi connectivity index (χ1) is 8.97. The fraction of sp³-hybridized carbons (Fsp3) is 0. The molecule has 0 aliphatic heterocycles. The van der Waals surface area contributed by atoms with Gasteiger partial charge < -0.3 is 10.5 Å². The van der Waals surface area contributed by atoms with Crippen molar-refractivity contribution in [2.24, 2.45) is 5.73 Å². The van der Waals surface area contributed by atoms with Crippen LogP contribution in [0.4, 0.5) is 0 Å². The Morgan fingerprint density at radius 3 is 2.37 bits per heavy atom. The molecule has 0 saturated heterocycles. The maximum atomic E-state index is 7.34. The van der Waals surface area contributed by atoms with E-state index in [0.717, 1.165) is 4.47 Å². The van der Waals surface area contributed by atoms with Crippen molar-refractivity contribution in [3.63, 3.8) is 0 Å². The van der Waals surface area contributed by atoms with E-state index in [4.69, 9.17) is 39.1 Å². The van der Waals surface area contributed by atoms with Gasteiger partial charge in [0, 0.05) is 10.6 Å². The number of benzene rings is 2. The second kappa shape index (κ2) is 5.82. The molecule has 0 spiro atoms. The van der Waals surface area contributed by atoms with Crippen LogP contribution in [-0.2, 0) is 0 Å². The minimum atomic E-state index is -0.0406. The van der Waals surface area contributed by atoms with Crippen molar-refractivity contribution in [2.45, 2.75) is 0 Å². The topological polar surface area (TPSA) is 59.1 Å². The van der Waals surface area contributed by atoms with E-state index in [0.29, 0.717) is 27.1 Å². The van der Waals surface area contributed by atoms with Gasteiger partial charge in [0.15, 0.2) is 0 Å². The molecule has 0 aromatic heterocycles. The van der Waals surface area contributed by atoms with Crippen LogP contribution < -0.4 is 10.5 Å². The molecule has 0 bridgehead atoms. The van der Waals surface area contributed by atoms with Crippen molar-refractivity contribution >= 4 is 45.0 Å². The van der Waals surface area contributed by atoms with Gasteiger partial charge in [0.25, 0.3) is 0 Å². The van der Waals surface area contributed by atoms with E-state index >= 15 is 0 Å². The van der Waals surface area contributed by atoms with Crippen LogP contribution in [0.25, 0.3) is 0 Å². The predicted molar refractivity (Wildman–Crippen MR) is 81.7 cm³/mol. The largest absolute Gasteiger partial charge is 0.455 e. The number of nitrogens with one attached hydrogen (secondary N) is 1. The van der Waals surface area contributed by atoms with Crippen LogP contribution in [0.2, 0.25) is 10.0 Å². The predicted octanol–water partition coefficient (Wildman–Crippen LogP) is 4.83. The Balaban J connectivity index is 2.31. The number of amidine groups is 1. The first-order valence-corrected chi connectivity index (χ1v) is 6.79. The van der Waals surface area contributed by atoms with Gasteiger partial charge in [0.2, 0.25) is 0 Å². The van der Waals surface area contributed by atoms with E-state index < -0.39 is 0 Å². The van der Waals surface area contributed by atoms with Crippen LogP contribution in [0.5, 0.6) is 11.5 Å². The summed E-state index contributed by atoms with van der Waals surface area (Å²) < 4.78 is 6.41. The molecular formula is C13H9BrCl2N2O. The van der Waals surface area contributed by atoms with Gasteiger partial charge in [0.05, 0.1) is 9.50 Å². The fourth-order valence-corrected chi connectivity index (χ4v) is 2.41. The molecule has 3 nitrogen and oxygen atoms in total. The van der Waals surface area contributed by atoms with Crippen LogP contribution in [-0.4, -0.2) is 5.84 Å². The number of ether oxygens (including phenoxy) is 1. The monoisotopic (exact) mass is 358 g/mol. The van der Waals surface area contributed by atoms with Gasteiger partial charge in [-0.1, -0.05) is 23.2 Å². The van der Waals surface area contributed by atoms with Gasteiger partial charge in [-0.3, -0.25) is 5.41 Å². The fourth-order valence-electron chi connectivity index (χ4n) is 1.43.